The maximum absolute atomic E-state index is 11.5. The zero-order chi connectivity index (χ0) is 19.3. The third-order valence-corrected chi connectivity index (χ3v) is 4.11. The number of unbranched alkanes of at least 4 members (excludes halogenated alkanes) is 9. The Labute approximate surface area is 160 Å². The number of hydrogen-bond donors (Lipinski definition) is 0. The molecule has 0 aliphatic carbocycles. The molecule has 0 saturated carbocycles. The van der Waals surface area contributed by atoms with Gasteiger partial charge >= 0.3 is 11.9 Å². The van der Waals surface area contributed by atoms with Crippen LogP contribution in [0.4, 0.5) is 0 Å². The van der Waals surface area contributed by atoms with Crippen molar-refractivity contribution in [3.63, 3.8) is 0 Å². The van der Waals surface area contributed by atoms with Crippen LogP contribution in [0.15, 0.2) is 0 Å². The molecule has 150 valence electrons. The standard InChI is InChI=1S/C22H38O4/c1-3-5-7-8-9-10-11-12-13-14-15-20-26-22(24)18-16-17-21(23)25-19-6-4-2/h3-13,16-20H2,1-2H3. The van der Waals surface area contributed by atoms with Crippen LogP contribution >= 0.6 is 0 Å². The molecular formula is C22H38O4. The molecule has 0 aliphatic rings. The molecule has 0 N–H and O–H groups in total. The first-order valence-electron chi connectivity index (χ1n) is 10.5. The van der Waals surface area contributed by atoms with Gasteiger partial charge in [-0.1, -0.05) is 77.1 Å². The second-order valence-corrected chi connectivity index (χ2v) is 6.67. The molecule has 4 nitrogen and oxygen atoms in total. The van der Waals surface area contributed by atoms with Gasteiger partial charge in [0, 0.05) is 19.3 Å². The minimum Gasteiger partial charge on any atom is -0.466 e. The highest BCUT2D eigenvalue weighted by Crippen LogP contribution is 2.09. The largest absolute Gasteiger partial charge is 0.466 e. The number of ether oxygens (including phenoxy) is 2. The Kier molecular flexibility index (Phi) is 18.7. The molecule has 4 heteroatoms. The minimum atomic E-state index is -0.298. The van der Waals surface area contributed by atoms with Gasteiger partial charge < -0.3 is 9.47 Å². The molecule has 0 aromatic carbocycles. The summed E-state index contributed by atoms with van der Waals surface area (Å²) in [6, 6.07) is 0. The number of esters is 2. The van der Waals surface area contributed by atoms with Crippen LogP contribution in [-0.4, -0.2) is 25.2 Å². The van der Waals surface area contributed by atoms with Gasteiger partial charge in [0.2, 0.25) is 0 Å². The maximum atomic E-state index is 11.5. The van der Waals surface area contributed by atoms with Gasteiger partial charge in [0.15, 0.2) is 6.61 Å². The topological polar surface area (TPSA) is 52.6 Å². The molecular weight excluding hydrogens is 328 g/mol. The lowest BCUT2D eigenvalue weighted by atomic mass is 10.1. The molecule has 0 aromatic heterocycles. The van der Waals surface area contributed by atoms with Gasteiger partial charge in [0.25, 0.3) is 0 Å². The summed E-state index contributed by atoms with van der Waals surface area (Å²) in [6.07, 6.45) is 14.1. The molecule has 0 amide bonds. The van der Waals surface area contributed by atoms with Crippen LogP contribution in [0.25, 0.3) is 0 Å². The van der Waals surface area contributed by atoms with E-state index in [4.69, 9.17) is 9.47 Å². The fourth-order valence-corrected chi connectivity index (χ4v) is 2.46. The predicted octanol–water partition coefficient (Wildman–Crippen LogP) is 5.58. The first kappa shape index (κ1) is 24.5. The van der Waals surface area contributed by atoms with Crippen molar-refractivity contribution in [2.24, 2.45) is 0 Å². The predicted molar refractivity (Wildman–Crippen MR) is 106 cm³/mol. The molecule has 0 unspecified atom stereocenters. The van der Waals surface area contributed by atoms with Gasteiger partial charge in [-0.25, -0.2) is 0 Å². The molecule has 0 fully saturated rings. The van der Waals surface area contributed by atoms with Crippen molar-refractivity contribution in [3.8, 4) is 11.8 Å². The zero-order valence-electron chi connectivity index (χ0n) is 16.9. The van der Waals surface area contributed by atoms with Crippen LogP contribution in [-0.2, 0) is 19.1 Å². The van der Waals surface area contributed by atoms with Crippen molar-refractivity contribution >= 4 is 11.9 Å². The summed E-state index contributed by atoms with van der Waals surface area (Å²) in [5, 5.41) is 0. The van der Waals surface area contributed by atoms with E-state index >= 15 is 0 Å². The van der Waals surface area contributed by atoms with Gasteiger partial charge in [-0.2, -0.15) is 0 Å². The quantitative estimate of drug-likeness (QED) is 0.203. The smallest absolute Gasteiger partial charge is 0.306 e. The molecule has 0 aliphatic heterocycles. The average molecular weight is 367 g/mol. The highest BCUT2D eigenvalue weighted by Gasteiger charge is 2.06. The summed E-state index contributed by atoms with van der Waals surface area (Å²) in [5.41, 5.74) is 0. The maximum Gasteiger partial charge on any atom is 0.306 e. The normalized spacial score (nSPS) is 10.1. The van der Waals surface area contributed by atoms with Crippen molar-refractivity contribution in [1.82, 2.24) is 0 Å². The number of rotatable bonds is 16. The second kappa shape index (κ2) is 19.8. The van der Waals surface area contributed by atoms with E-state index < -0.39 is 0 Å². The van der Waals surface area contributed by atoms with E-state index in [2.05, 4.69) is 18.8 Å². The zero-order valence-corrected chi connectivity index (χ0v) is 16.9. The van der Waals surface area contributed by atoms with Crippen LogP contribution < -0.4 is 0 Å². The first-order valence-corrected chi connectivity index (χ1v) is 10.5. The van der Waals surface area contributed by atoms with Gasteiger partial charge in [-0.05, 0) is 19.3 Å². The van der Waals surface area contributed by atoms with E-state index in [1.54, 1.807) is 0 Å². The fraction of sp³-hybridized carbons (Fsp3) is 0.818. The second-order valence-electron chi connectivity index (χ2n) is 6.67. The molecule has 0 aromatic rings. The van der Waals surface area contributed by atoms with E-state index in [0.29, 0.717) is 13.0 Å². The minimum absolute atomic E-state index is 0.150. The molecule has 0 bridgehead atoms. The van der Waals surface area contributed by atoms with Gasteiger partial charge in [-0.3, -0.25) is 9.59 Å². The third-order valence-electron chi connectivity index (χ3n) is 4.11. The number of hydrogen-bond acceptors (Lipinski definition) is 4. The summed E-state index contributed by atoms with van der Waals surface area (Å²) in [6.45, 7) is 4.90. The fourth-order valence-electron chi connectivity index (χ4n) is 2.46. The van der Waals surface area contributed by atoms with Crippen molar-refractivity contribution in [1.29, 1.82) is 0 Å². The van der Waals surface area contributed by atoms with Crippen molar-refractivity contribution in [2.45, 2.75) is 104 Å². The third kappa shape index (κ3) is 18.8. The molecule has 0 saturated heterocycles. The van der Waals surface area contributed by atoms with Crippen LogP contribution in [0, 0.1) is 11.8 Å². The number of carbonyl (C=O) groups is 2. The van der Waals surface area contributed by atoms with Gasteiger partial charge in [0.05, 0.1) is 6.61 Å². The highest BCUT2D eigenvalue weighted by atomic mass is 16.5. The Morgan fingerprint density at radius 3 is 1.88 bits per heavy atom. The van der Waals surface area contributed by atoms with E-state index in [-0.39, 0.29) is 31.4 Å². The van der Waals surface area contributed by atoms with Crippen LogP contribution in [0.3, 0.4) is 0 Å². The van der Waals surface area contributed by atoms with E-state index in [1.807, 2.05) is 6.92 Å². The monoisotopic (exact) mass is 366 g/mol. The lowest BCUT2D eigenvalue weighted by molar-refractivity contribution is -0.144. The van der Waals surface area contributed by atoms with Crippen molar-refractivity contribution in [2.75, 3.05) is 13.2 Å². The SMILES string of the molecule is CCCCCCCCCCC#CCOC(=O)CCCC(=O)OCCCC. The molecule has 0 spiro atoms. The number of carbonyl (C=O) groups excluding carboxylic acids is 2. The Balaban J connectivity index is 3.40. The van der Waals surface area contributed by atoms with Gasteiger partial charge in [-0.15, -0.1) is 0 Å². The van der Waals surface area contributed by atoms with E-state index in [1.165, 1.54) is 44.9 Å². The molecule has 0 atom stereocenters. The Bertz CT molecular complexity index is 406. The first-order chi connectivity index (χ1) is 12.7. The van der Waals surface area contributed by atoms with Crippen LogP contribution in [0.2, 0.25) is 0 Å². The molecule has 26 heavy (non-hydrogen) atoms. The summed E-state index contributed by atoms with van der Waals surface area (Å²) in [4.78, 5) is 22.9. The molecule has 0 rings (SSSR count). The highest BCUT2D eigenvalue weighted by molar-refractivity contribution is 5.72. The van der Waals surface area contributed by atoms with Crippen molar-refractivity contribution < 1.29 is 19.1 Å². The lowest BCUT2D eigenvalue weighted by Crippen LogP contribution is -2.08. The lowest BCUT2D eigenvalue weighted by Gasteiger charge is -2.03. The molecule has 0 radical (unpaired) electrons. The van der Waals surface area contributed by atoms with Crippen molar-refractivity contribution in [3.05, 3.63) is 0 Å². The van der Waals surface area contributed by atoms with E-state index in [9.17, 15) is 9.59 Å². The summed E-state index contributed by atoms with van der Waals surface area (Å²) >= 11 is 0. The summed E-state index contributed by atoms with van der Waals surface area (Å²) in [7, 11) is 0. The summed E-state index contributed by atoms with van der Waals surface area (Å²) < 4.78 is 10.1. The Hall–Kier alpha value is -1.50. The summed E-state index contributed by atoms with van der Waals surface area (Å²) in [5.74, 6) is 5.40. The Morgan fingerprint density at radius 1 is 0.654 bits per heavy atom. The van der Waals surface area contributed by atoms with Crippen LogP contribution in [0.5, 0.6) is 0 Å². The average Bonchev–Trinajstić information content (AvgIpc) is 2.63. The van der Waals surface area contributed by atoms with Crippen LogP contribution in [0.1, 0.15) is 104 Å². The van der Waals surface area contributed by atoms with Gasteiger partial charge in [0.1, 0.15) is 0 Å². The Morgan fingerprint density at radius 2 is 1.23 bits per heavy atom. The van der Waals surface area contributed by atoms with E-state index in [0.717, 1.165) is 25.7 Å². The molecule has 0 heterocycles.